The maximum Gasteiger partial charge on any atom is 0.253 e. The topological polar surface area (TPSA) is 49.8 Å². The first kappa shape index (κ1) is 17.2. The van der Waals surface area contributed by atoms with Gasteiger partial charge in [-0.1, -0.05) is 23.7 Å². The Morgan fingerprint density at radius 3 is 2.57 bits per heavy atom. The molecule has 2 aromatic carbocycles. The van der Waals surface area contributed by atoms with Gasteiger partial charge >= 0.3 is 0 Å². The van der Waals surface area contributed by atoms with Crippen molar-refractivity contribution in [1.29, 1.82) is 0 Å². The van der Waals surface area contributed by atoms with Gasteiger partial charge in [0.15, 0.2) is 0 Å². The fraction of sp³-hybridized carbons (Fsp3) is 0.235. The molecule has 0 aliphatic rings. The third kappa shape index (κ3) is 4.21. The number of hydrogen-bond donors (Lipinski definition) is 1. The Labute approximate surface area is 139 Å². The smallest absolute Gasteiger partial charge is 0.253 e. The molecule has 2 rings (SSSR count). The Morgan fingerprint density at radius 2 is 1.96 bits per heavy atom. The highest BCUT2D eigenvalue weighted by molar-refractivity contribution is 6.32. The second-order valence-electron chi connectivity index (χ2n) is 5.10. The first-order valence-corrected chi connectivity index (χ1v) is 7.32. The number of halogens is 2. The number of rotatable bonds is 5. The first-order chi connectivity index (χ1) is 10.9. The lowest BCUT2D eigenvalue weighted by Gasteiger charge is -2.21. The van der Waals surface area contributed by atoms with Gasteiger partial charge in [0.1, 0.15) is 11.6 Å². The van der Waals surface area contributed by atoms with Crippen LogP contribution in [0.2, 0.25) is 5.02 Å². The molecule has 0 aliphatic carbocycles. The van der Waals surface area contributed by atoms with Crippen LogP contribution in [0.5, 0.6) is 5.75 Å². The van der Waals surface area contributed by atoms with Gasteiger partial charge in [-0.3, -0.25) is 4.79 Å². The quantitative estimate of drug-likeness (QED) is 0.910. The fourth-order valence-corrected chi connectivity index (χ4v) is 2.34. The van der Waals surface area contributed by atoms with Crippen molar-refractivity contribution in [2.45, 2.75) is 6.10 Å². The minimum absolute atomic E-state index is 0.0788. The molecule has 0 unspecified atom stereocenters. The summed E-state index contributed by atoms with van der Waals surface area (Å²) >= 11 is 5.94. The van der Waals surface area contributed by atoms with Crippen LogP contribution in [-0.4, -0.2) is 36.6 Å². The molecular weight excluding hydrogens is 321 g/mol. The van der Waals surface area contributed by atoms with Crippen molar-refractivity contribution < 1.29 is 19.0 Å². The number of benzene rings is 2. The zero-order valence-electron chi connectivity index (χ0n) is 12.8. The highest BCUT2D eigenvalue weighted by Gasteiger charge is 2.18. The zero-order chi connectivity index (χ0) is 17.0. The van der Waals surface area contributed by atoms with E-state index in [4.69, 9.17) is 16.3 Å². The lowest BCUT2D eigenvalue weighted by molar-refractivity contribution is 0.0680. The van der Waals surface area contributed by atoms with E-state index in [0.717, 1.165) is 0 Å². The molecule has 0 saturated heterocycles. The summed E-state index contributed by atoms with van der Waals surface area (Å²) in [6.07, 6.45) is -0.904. The van der Waals surface area contributed by atoms with Crippen molar-refractivity contribution in [3.8, 4) is 5.75 Å². The molecule has 2 aromatic rings. The van der Waals surface area contributed by atoms with Crippen molar-refractivity contribution in [2.75, 3.05) is 20.7 Å². The van der Waals surface area contributed by atoms with Crippen LogP contribution in [0.15, 0.2) is 42.5 Å². The number of carbonyl (C=O) groups is 1. The highest BCUT2D eigenvalue weighted by atomic mass is 35.5. The van der Waals surface area contributed by atoms with Crippen LogP contribution in [-0.2, 0) is 0 Å². The number of aliphatic hydroxyl groups excluding tert-OH is 1. The first-order valence-electron chi connectivity index (χ1n) is 6.95. The SMILES string of the molecule is COc1cc(C(=O)N(C)C[C@H](O)c2ccc(F)cc2)ccc1Cl. The maximum absolute atomic E-state index is 12.9. The van der Waals surface area contributed by atoms with Gasteiger partial charge in [0.2, 0.25) is 0 Å². The summed E-state index contributed by atoms with van der Waals surface area (Å²) in [7, 11) is 3.05. The van der Waals surface area contributed by atoms with Crippen molar-refractivity contribution in [3.63, 3.8) is 0 Å². The summed E-state index contributed by atoms with van der Waals surface area (Å²) in [4.78, 5) is 13.8. The molecule has 0 fully saturated rings. The van der Waals surface area contributed by atoms with Crippen LogP contribution in [0.3, 0.4) is 0 Å². The largest absolute Gasteiger partial charge is 0.495 e. The van der Waals surface area contributed by atoms with Crippen molar-refractivity contribution >= 4 is 17.5 Å². The average molecular weight is 338 g/mol. The van der Waals surface area contributed by atoms with E-state index in [9.17, 15) is 14.3 Å². The summed E-state index contributed by atoms with van der Waals surface area (Å²) in [5.74, 6) is -0.246. The number of ether oxygens (including phenoxy) is 1. The molecule has 1 atom stereocenters. The average Bonchev–Trinajstić information content (AvgIpc) is 2.55. The van der Waals surface area contributed by atoms with E-state index in [1.807, 2.05) is 0 Å². The summed E-state index contributed by atoms with van der Waals surface area (Å²) in [6.45, 7) is 0.0788. The van der Waals surface area contributed by atoms with Crippen LogP contribution in [0.25, 0.3) is 0 Å². The summed E-state index contributed by atoms with van der Waals surface area (Å²) < 4.78 is 18.0. The molecule has 0 saturated carbocycles. The molecule has 0 aromatic heterocycles. The van der Waals surface area contributed by atoms with Crippen molar-refractivity contribution in [3.05, 3.63) is 64.4 Å². The van der Waals surface area contributed by atoms with Crippen LogP contribution < -0.4 is 4.74 Å². The Kier molecular flexibility index (Phi) is 5.58. The van der Waals surface area contributed by atoms with E-state index in [1.54, 1.807) is 25.2 Å². The Bertz CT molecular complexity index is 691. The maximum atomic E-state index is 12.9. The van der Waals surface area contributed by atoms with Gasteiger partial charge in [0.25, 0.3) is 5.91 Å². The van der Waals surface area contributed by atoms with E-state index in [1.165, 1.54) is 36.3 Å². The molecule has 4 nitrogen and oxygen atoms in total. The molecule has 0 aliphatic heterocycles. The van der Waals surface area contributed by atoms with E-state index in [2.05, 4.69) is 0 Å². The van der Waals surface area contributed by atoms with Gasteiger partial charge in [-0.05, 0) is 35.9 Å². The second kappa shape index (κ2) is 7.44. The van der Waals surface area contributed by atoms with E-state index < -0.39 is 6.10 Å². The minimum Gasteiger partial charge on any atom is -0.495 e. The molecule has 1 amide bonds. The molecule has 122 valence electrons. The van der Waals surface area contributed by atoms with Crippen LogP contribution in [0, 0.1) is 5.82 Å². The third-order valence-corrected chi connectivity index (χ3v) is 3.76. The number of nitrogens with zero attached hydrogens (tertiary/aromatic N) is 1. The Morgan fingerprint density at radius 1 is 1.30 bits per heavy atom. The molecular formula is C17H17ClFNO3. The normalized spacial score (nSPS) is 11.9. The molecule has 0 radical (unpaired) electrons. The molecule has 0 spiro atoms. The monoisotopic (exact) mass is 337 g/mol. The van der Waals surface area contributed by atoms with Gasteiger partial charge in [-0.2, -0.15) is 0 Å². The number of likely N-dealkylation sites (N-methyl/N-ethyl adjacent to an activating group) is 1. The van der Waals surface area contributed by atoms with E-state index in [-0.39, 0.29) is 18.3 Å². The summed E-state index contributed by atoms with van der Waals surface area (Å²) in [5.41, 5.74) is 0.944. The number of carbonyl (C=O) groups excluding carboxylic acids is 1. The van der Waals surface area contributed by atoms with Gasteiger partial charge in [0.05, 0.1) is 24.8 Å². The number of amides is 1. The van der Waals surface area contributed by atoms with Crippen LogP contribution in [0.4, 0.5) is 4.39 Å². The predicted octanol–water partition coefficient (Wildman–Crippen LogP) is 3.29. The highest BCUT2D eigenvalue weighted by Crippen LogP contribution is 2.25. The molecule has 6 heteroatoms. The third-order valence-electron chi connectivity index (χ3n) is 3.45. The lowest BCUT2D eigenvalue weighted by atomic mass is 10.1. The van der Waals surface area contributed by atoms with Crippen molar-refractivity contribution in [2.24, 2.45) is 0 Å². The Hall–Kier alpha value is -2.11. The molecule has 0 heterocycles. The van der Waals surface area contributed by atoms with Crippen LogP contribution >= 0.6 is 11.6 Å². The standard InChI is InChI=1S/C17H17ClFNO3/c1-20(10-15(21)11-3-6-13(19)7-4-11)17(22)12-5-8-14(18)16(9-12)23-2/h3-9,15,21H,10H2,1-2H3/t15-/m0/s1. The fourth-order valence-electron chi connectivity index (χ4n) is 2.15. The zero-order valence-corrected chi connectivity index (χ0v) is 13.5. The molecule has 1 N–H and O–H groups in total. The summed E-state index contributed by atoms with van der Waals surface area (Å²) in [6, 6.07) is 10.2. The lowest BCUT2D eigenvalue weighted by Crippen LogP contribution is -2.31. The van der Waals surface area contributed by atoms with Crippen molar-refractivity contribution in [1.82, 2.24) is 4.90 Å². The molecule has 0 bridgehead atoms. The molecule has 23 heavy (non-hydrogen) atoms. The minimum atomic E-state index is -0.904. The van der Waals surface area contributed by atoms with E-state index >= 15 is 0 Å². The van der Waals surface area contributed by atoms with Gasteiger partial charge in [0, 0.05) is 12.6 Å². The predicted molar refractivity (Wildman–Crippen MR) is 86.3 cm³/mol. The van der Waals surface area contributed by atoms with E-state index in [0.29, 0.717) is 21.9 Å². The second-order valence-corrected chi connectivity index (χ2v) is 5.51. The number of methoxy groups -OCH3 is 1. The van der Waals surface area contributed by atoms with Gasteiger partial charge in [-0.15, -0.1) is 0 Å². The van der Waals surface area contributed by atoms with Gasteiger partial charge < -0.3 is 14.7 Å². The van der Waals surface area contributed by atoms with Gasteiger partial charge in [-0.25, -0.2) is 4.39 Å². The number of hydrogen-bond acceptors (Lipinski definition) is 3. The van der Waals surface area contributed by atoms with Crippen LogP contribution in [0.1, 0.15) is 22.0 Å². The Balaban J connectivity index is 2.09. The number of aliphatic hydroxyl groups is 1. The summed E-state index contributed by atoms with van der Waals surface area (Å²) in [5, 5.41) is 10.6.